The van der Waals surface area contributed by atoms with Gasteiger partial charge in [0.05, 0.1) is 17.3 Å². The molecule has 4 rings (SSSR count). The first-order chi connectivity index (χ1) is 12.6. The number of anilines is 1. The predicted octanol–water partition coefficient (Wildman–Crippen LogP) is 4.95. The van der Waals surface area contributed by atoms with Gasteiger partial charge in [0, 0.05) is 11.1 Å². The first-order valence-electron chi connectivity index (χ1n) is 8.40. The smallest absolute Gasteiger partial charge is 0.168 e. The van der Waals surface area contributed by atoms with Crippen molar-refractivity contribution in [1.29, 1.82) is 0 Å². The number of benzene rings is 2. The van der Waals surface area contributed by atoms with Crippen LogP contribution in [0.3, 0.4) is 0 Å². The second-order valence-electron chi connectivity index (χ2n) is 6.23. The van der Waals surface area contributed by atoms with Gasteiger partial charge in [0.25, 0.3) is 0 Å². The Kier molecular flexibility index (Phi) is 4.31. The summed E-state index contributed by atoms with van der Waals surface area (Å²) in [4.78, 5) is 8.83. The van der Waals surface area contributed by atoms with Gasteiger partial charge >= 0.3 is 0 Å². The number of aryl methyl sites for hydroxylation is 1. The molecule has 0 saturated carbocycles. The first-order valence-corrected chi connectivity index (χ1v) is 8.78. The highest BCUT2D eigenvalue weighted by Crippen LogP contribution is 2.26. The van der Waals surface area contributed by atoms with Crippen LogP contribution in [0.15, 0.2) is 61.1 Å². The summed E-state index contributed by atoms with van der Waals surface area (Å²) in [6, 6.07) is 16.2. The molecule has 0 spiro atoms. The van der Waals surface area contributed by atoms with E-state index in [1.54, 1.807) is 17.2 Å². The highest BCUT2D eigenvalue weighted by molar-refractivity contribution is 6.31. The van der Waals surface area contributed by atoms with E-state index in [2.05, 4.69) is 39.4 Å². The summed E-state index contributed by atoms with van der Waals surface area (Å²) in [7, 11) is 0. The zero-order valence-corrected chi connectivity index (χ0v) is 15.3. The van der Waals surface area contributed by atoms with Crippen LogP contribution in [0.4, 0.5) is 5.82 Å². The summed E-state index contributed by atoms with van der Waals surface area (Å²) in [5.41, 5.74) is 3.83. The van der Waals surface area contributed by atoms with E-state index >= 15 is 0 Å². The van der Waals surface area contributed by atoms with E-state index in [0.717, 1.165) is 28.1 Å². The van der Waals surface area contributed by atoms with Gasteiger partial charge in [-0.15, -0.1) is 0 Å². The molecular formula is C20H18ClN5. The van der Waals surface area contributed by atoms with Crippen molar-refractivity contribution in [3.63, 3.8) is 0 Å². The Labute approximate surface area is 156 Å². The van der Waals surface area contributed by atoms with Gasteiger partial charge in [0.15, 0.2) is 5.65 Å². The molecule has 2 aromatic carbocycles. The van der Waals surface area contributed by atoms with E-state index in [4.69, 9.17) is 11.6 Å². The fourth-order valence-electron chi connectivity index (χ4n) is 2.89. The average molecular weight is 364 g/mol. The molecule has 0 aliphatic carbocycles. The molecule has 0 bridgehead atoms. The molecule has 0 radical (unpaired) electrons. The van der Waals surface area contributed by atoms with Crippen molar-refractivity contribution in [1.82, 2.24) is 19.7 Å². The van der Waals surface area contributed by atoms with Crippen molar-refractivity contribution in [2.45, 2.75) is 19.9 Å². The third-order valence-electron chi connectivity index (χ3n) is 4.42. The third kappa shape index (κ3) is 3.02. The zero-order valence-electron chi connectivity index (χ0n) is 14.5. The molecule has 6 heteroatoms. The number of nitrogens with one attached hydrogen (secondary N) is 1. The first kappa shape index (κ1) is 16.5. The maximum Gasteiger partial charge on any atom is 0.168 e. The lowest BCUT2D eigenvalue weighted by Gasteiger charge is -2.15. The molecule has 0 aliphatic rings. The average Bonchev–Trinajstić information content (AvgIpc) is 3.10. The quantitative estimate of drug-likeness (QED) is 0.557. The Morgan fingerprint density at radius 3 is 2.65 bits per heavy atom. The number of hydrogen-bond acceptors (Lipinski definition) is 4. The Hall–Kier alpha value is -2.92. The molecule has 5 nitrogen and oxygen atoms in total. The van der Waals surface area contributed by atoms with Gasteiger partial charge in [-0.3, -0.25) is 0 Å². The van der Waals surface area contributed by atoms with Gasteiger partial charge in [-0.25, -0.2) is 14.6 Å². The Bertz CT molecular complexity index is 1060. The number of halogens is 1. The van der Waals surface area contributed by atoms with Crippen LogP contribution in [0.1, 0.15) is 24.1 Å². The predicted molar refractivity (Wildman–Crippen MR) is 105 cm³/mol. The molecule has 4 aromatic rings. The number of fused-ring (bicyclic) bond motifs is 1. The summed E-state index contributed by atoms with van der Waals surface area (Å²) in [5, 5.41) is 9.52. The molecule has 2 aromatic heterocycles. The summed E-state index contributed by atoms with van der Waals surface area (Å²) < 4.78 is 1.78. The summed E-state index contributed by atoms with van der Waals surface area (Å²) in [6.45, 7) is 4.08. The minimum atomic E-state index is 0.117. The van der Waals surface area contributed by atoms with E-state index in [9.17, 15) is 0 Å². The fraction of sp³-hybridized carbons (Fsp3) is 0.150. The van der Waals surface area contributed by atoms with Gasteiger partial charge in [-0.2, -0.15) is 5.10 Å². The lowest BCUT2D eigenvalue weighted by atomic mass is 10.1. The van der Waals surface area contributed by atoms with Crippen molar-refractivity contribution < 1.29 is 0 Å². The molecule has 26 heavy (non-hydrogen) atoms. The Morgan fingerprint density at radius 2 is 1.88 bits per heavy atom. The Morgan fingerprint density at radius 1 is 1.08 bits per heavy atom. The molecule has 0 amide bonds. The molecule has 2 heterocycles. The molecule has 1 atom stereocenters. The summed E-state index contributed by atoms with van der Waals surface area (Å²) >= 11 is 6.26. The van der Waals surface area contributed by atoms with E-state index in [1.807, 2.05) is 43.3 Å². The van der Waals surface area contributed by atoms with Crippen molar-refractivity contribution >= 4 is 28.5 Å². The molecule has 130 valence electrons. The standard InChI is InChI=1S/C20H18ClN5/c1-13-8-9-16(10-18(13)21)26-20-17(11-24-26)19(22-12-23-20)25-14(2)15-6-4-3-5-7-15/h3-12,14H,1-2H3,(H,22,23,25). The van der Waals surface area contributed by atoms with E-state index in [1.165, 1.54) is 5.56 Å². The third-order valence-corrected chi connectivity index (χ3v) is 4.83. The maximum absolute atomic E-state index is 6.26. The van der Waals surface area contributed by atoms with Crippen LogP contribution in [-0.2, 0) is 0 Å². The molecule has 1 N–H and O–H groups in total. The van der Waals surface area contributed by atoms with E-state index < -0.39 is 0 Å². The fourth-order valence-corrected chi connectivity index (χ4v) is 3.07. The number of hydrogen-bond donors (Lipinski definition) is 1. The highest BCUT2D eigenvalue weighted by atomic mass is 35.5. The summed E-state index contributed by atoms with van der Waals surface area (Å²) in [6.07, 6.45) is 3.33. The molecule has 1 unspecified atom stereocenters. The van der Waals surface area contributed by atoms with Crippen LogP contribution in [-0.4, -0.2) is 19.7 Å². The van der Waals surface area contributed by atoms with Crippen LogP contribution in [0, 0.1) is 6.92 Å². The summed E-state index contributed by atoms with van der Waals surface area (Å²) in [5.74, 6) is 0.760. The van der Waals surface area contributed by atoms with Crippen molar-refractivity contribution in [3.8, 4) is 5.69 Å². The number of nitrogens with zero attached hydrogens (tertiary/aromatic N) is 4. The van der Waals surface area contributed by atoms with Crippen molar-refractivity contribution in [3.05, 3.63) is 77.2 Å². The van der Waals surface area contributed by atoms with Crippen LogP contribution in [0.5, 0.6) is 0 Å². The van der Waals surface area contributed by atoms with Gasteiger partial charge in [0.2, 0.25) is 0 Å². The minimum absolute atomic E-state index is 0.117. The zero-order chi connectivity index (χ0) is 18.1. The topological polar surface area (TPSA) is 55.6 Å². The molecule has 0 saturated heterocycles. The largest absolute Gasteiger partial charge is 0.363 e. The van der Waals surface area contributed by atoms with Gasteiger partial charge in [0.1, 0.15) is 12.1 Å². The molecular weight excluding hydrogens is 346 g/mol. The van der Waals surface area contributed by atoms with Gasteiger partial charge in [-0.1, -0.05) is 48.0 Å². The van der Waals surface area contributed by atoms with E-state index in [0.29, 0.717) is 5.02 Å². The van der Waals surface area contributed by atoms with Crippen LogP contribution < -0.4 is 5.32 Å². The lowest BCUT2D eigenvalue weighted by Crippen LogP contribution is -2.08. The van der Waals surface area contributed by atoms with E-state index in [-0.39, 0.29) is 6.04 Å². The normalized spacial score (nSPS) is 12.3. The minimum Gasteiger partial charge on any atom is -0.363 e. The second-order valence-corrected chi connectivity index (χ2v) is 6.63. The molecule has 0 fully saturated rings. The van der Waals surface area contributed by atoms with Crippen LogP contribution >= 0.6 is 11.6 Å². The van der Waals surface area contributed by atoms with Crippen molar-refractivity contribution in [2.75, 3.05) is 5.32 Å². The van der Waals surface area contributed by atoms with Crippen LogP contribution in [0.25, 0.3) is 16.7 Å². The van der Waals surface area contributed by atoms with Crippen LogP contribution in [0.2, 0.25) is 5.02 Å². The second kappa shape index (κ2) is 6.77. The maximum atomic E-state index is 6.26. The SMILES string of the molecule is Cc1ccc(-n2ncc3c(NC(C)c4ccccc4)ncnc32)cc1Cl. The van der Waals surface area contributed by atoms with Gasteiger partial charge < -0.3 is 5.32 Å². The molecule has 0 aliphatic heterocycles. The monoisotopic (exact) mass is 363 g/mol. The lowest BCUT2D eigenvalue weighted by molar-refractivity contribution is 0.873. The van der Waals surface area contributed by atoms with Gasteiger partial charge in [-0.05, 0) is 37.1 Å². The van der Waals surface area contributed by atoms with Crippen molar-refractivity contribution in [2.24, 2.45) is 0 Å². The number of rotatable bonds is 4. The highest BCUT2D eigenvalue weighted by Gasteiger charge is 2.14. The Balaban J connectivity index is 1.72. The number of aromatic nitrogens is 4.